The van der Waals surface area contributed by atoms with Crippen LogP contribution in [0.1, 0.15) is 46.0 Å². The fourth-order valence-electron chi connectivity index (χ4n) is 2.50. The molecule has 2 unspecified atom stereocenters. The van der Waals surface area contributed by atoms with E-state index in [1.54, 1.807) is 0 Å². The monoisotopic (exact) mass is 296 g/mol. The Kier molecular flexibility index (Phi) is 5.70. The van der Waals surface area contributed by atoms with Crippen LogP contribution in [0.3, 0.4) is 0 Å². The van der Waals surface area contributed by atoms with Gasteiger partial charge in [-0.15, -0.1) is 0 Å². The summed E-state index contributed by atoms with van der Waals surface area (Å²) in [6.07, 6.45) is 5.25. The van der Waals surface area contributed by atoms with Crippen LogP contribution in [0.4, 0.5) is 9.59 Å². The number of carbonyl (C=O) groups is 2. The van der Waals surface area contributed by atoms with Crippen molar-refractivity contribution in [1.82, 2.24) is 20.4 Å². The zero-order chi connectivity index (χ0) is 15.2. The van der Waals surface area contributed by atoms with Crippen molar-refractivity contribution in [2.24, 2.45) is 0 Å². The van der Waals surface area contributed by atoms with Gasteiger partial charge >= 0.3 is 12.1 Å². The van der Waals surface area contributed by atoms with Gasteiger partial charge in [0.05, 0.1) is 6.04 Å². The Morgan fingerprint density at radius 1 is 0.952 bits per heavy atom. The van der Waals surface area contributed by atoms with Crippen LogP contribution in [0.5, 0.6) is 0 Å². The summed E-state index contributed by atoms with van der Waals surface area (Å²) in [5, 5.41) is 5.89. The molecule has 0 aromatic heterocycles. The molecular formula is C15H28N4O2. The minimum atomic E-state index is 0.0683. The lowest BCUT2D eigenvalue weighted by Crippen LogP contribution is -2.30. The molecule has 0 aliphatic carbocycles. The number of carbonyl (C=O) groups excluding carboxylic acids is 2. The topological polar surface area (TPSA) is 64.2 Å². The van der Waals surface area contributed by atoms with Gasteiger partial charge in [-0.05, 0) is 26.2 Å². The molecule has 2 N–H and O–H groups in total. The third-order valence-electron chi connectivity index (χ3n) is 4.22. The smallest absolute Gasteiger partial charge is 0.317 e. The highest BCUT2D eigenvalue weighted by Gasteiger charge is 2.36. The Morgan fingerprint density at radius 3 is 1.90 bits per heavy atom. The van der Waals surface area contributed by atoms with E-state index >= 15 is 0 Å². The molecule has 2 heterocycles. The number of hydrogen-bond donors (Lipinski definition) is 2. The molecule has 6 heteroatoms. The first kappa shape index (κ1) is 15.9. The molecule has 2 aliphatic rings. The van der Waals surface area contributed by atoms with Crippen LogP contribution >= 0.6 is 0 Å². The van der Waals surface area contributed by atoms with Crippen molar-refractivity contribution < 1.29 is 9.59 Å². The molecule has 2 aliphatic heterocycles. The van der Waals surface area contributed by atoms with E-state index in [4.69, 9.17) is 0 Å². The third kappa shape index (κ3) is 5.10. The van der Waals surface area contributed by atoms with Gasteiger partial charge in [-0.3, -0.25) is 0 Å². The third-order valence-corrected chi connectivity index (χ3v) is 4.22. The van der Waals surface area contributed by atoms with Crippen LogP contribution in [0.2, 0.25) is 0 Å². The lowest BCUT2D eigenvalue weighted by molar-refractivity contribution is 0.225. The van der Waals surface area contributed by atoms with E-state index in [1.165, 1.54) is 0 Å². The standard InChI is InChI=1S/C15H28N4O2/c1-3-13-11-19(13)15(21)17-9-7-5-4-6-8-16-14(20)18-10-12(18)2/h12-13H,3-11H2,1-2H3,(H,16,20)(H,17,21). The van der Waals surface area contributed by atoms with Crippen LogP contribution in [-0.2, 0) is 0 Å². The SMILES string of the molecule is CCC1CN1C(=O)NCCCCCCNC(=O)N1CC1C. The van der Waals surface area contributed by atoms with Crippen LogP contribution in [0, 0.1) is 0 Å². The fraction of sp³-hybridized carbons (Fsp3) is 0.867. The lowest BCUT2D eigenvalue weighted by atomic mass is 10.2. The molecule has 0 aromatic carbocycles. The number of urea groups is 2. The molecule has 120 valence electrons. The maximum Gasteiger partial charge on any atom is 0.317 e. The molecule has 21 heavy (non-hydrogen) atoms. The number of amides is 4. The Bertz CT molecular complexity index is 375. The van der Waals surface area contributed by atoms with E-state index in [2.05, 4.69) is 24.5 Å². The minimum Gasteiger partial charge on any atom is -0.338 e. The maximum absolute atomic E-state index is 11.6. The van der Waals surface area contributed by atoms with Crippen LogP contribution in [0.25, 0.3) is 0 Å². The van der Waals surface area contributed by atoms with E-state index in [1.807, 2.05) is 9.80 Å². The van der Waals surface area contributed by atoms with E-state index in [0.717, 1.165) is 58.3 Å². The number of nitrogens with zero attached hydrogens (tertiary/aromatic N) is 2. The van der Waals surface area contributed by atoms with Crippen molar-refractivity contribution in [3.63, 3.8) is 0 Å². The molecule has 0 spiro atoms. The molecule has 0 aromatic rings. The summed E-state index contributed by atoms with van der Waals surface area (Å²) >= 11 is 0. The molecular weight excluding hydrogens is 268 g/mol. The summed E-state index contributed by atoms with van der Waals surface area (Å²) in [5.41, 5.74) is 0. The van der Waals surface area contributed by atoms with Crippen LogP contribution in [0.15, 0.2) is 0 Å². The molecule has 6 nitrogen and oxygen atoms in total. The van der Waals surface area contributed by atoms with Crippen molar-refractivity contribution in [3.05, 3.63) is 0 Å². The summed E-state index contributed by atoms with van der Waals surface area (Å²) in [5.74, 6) is 0. The molecule has 2 saturated heterocycles. The van der Waals surface area contributed by atoms with Gasteiger partial charge in [0.2, 0.25) is 0 Å². The summed E-state index contributed by atoms with van der Waals surface area (Å²) in [6.45, 7) is 7.47. The minimum absolute atomic E-state index is 0.0683. The second-order valence-electron chi connectivity index (χ2n) is 6.09. The maximum atomic E-state index is 11.6. The molecule has 0 saturated carbocycles. The molecule has 0 bridgehead atoms. The van der Waals surface area contributed by atoms with Crippen molar-refractivity contribution >= 4 is 12.1 Å². The van der Waals surface area contributed by atoms with Crippen molar-refractivity contribution in [1.29, 1.82) is 0 Å². The predicted octanol–water partition coefficient (Wildman–Crippen LogP) is 1.76. The lowest BCUT2D eigenvalue weighted by Gasteiger charge is -2.08. The van der Waals surface area contributed by atoms with Gasteiger partial charge < -0.3 is 20.4 Å². The van der Waals surface area contributed by atoms with Gasteiger partial charge in [-0.25, -0.2) is 9.59 Å². The Labute approximate surface area is 127 Å². The molecule has 4 amide bonds. The van der Waals surface area contributed by atoms with Crippen molar-refractivity contribution in [3.8, 4) is 0 Å². The van der Waals surface area contributed by atoms with E-state index in [9.17, 15) is 9.59 Å². The molecule has 2 atom stereocenters. The molecule has 2 fully saturated rings. The zero-order valence-corrected chi connectivity index (χ0v) is 13.2. The average molecular weight is 296 g/mol. The van der Waals surface area contributed by atoms with E-state index in [-0.39, 0.29) is 12.1 Å². The van der Waals surface area contributed by atoms with Gasteiger partial charge in [0.1, 0.15) is 0 Å². The normalized spacial score (nSPS) is 23.0. The largest absolute Gasteiger partial charge is 0.338 e. The fourth-order valence-corrected chi connectivity index (χ4v) is 2.50. The summed E-state index contributed by atoms with van der Waals surface area (Å²) < 4.78 is 0. The average Bonchev–Trinajstić information content (AvgIpc) is 3.36. The first-order chi connectivity index (χ1) is 10.1. The number of unbranched alkanes of at least 4 members (excludes halogenated alkanes) is 3. The van der Waals surface area contributed by atoms with Gasteiger partial charge in [0.25, 0.3) is 0 Å². The highest BCUT2D eigenvalue weighted by atomic mass is 16.2. The number of nitrogens with one attached hydrogen (secondary N) is 2. The number of rotatable bonds is 8. The highest BCUT2D eigenvalue weighted by molar-refractivity contribution is 5.77. The second-order valence-corrected chi connectivity index (χ2v) is 6.09. The van der Waals surface area contributed by atoms with Crippen molar-refractivity contribution in [2.75, 3.05) is 26.2 Å². The Balaban J connectivity index is 1.35. The molecule has 0 radical (unpaired) electrons. The summed E-state index contributed by atoms with van der Waals surface area (Å²) in [4.78, 5) is 26.9. The summed E-state index contributed by atoms with van der Waals surface area (Å²) in [7, 11) is 0. The van der Waals surface area contributed by atoms with Gasteiger partial charge in [0, 0.05) is 32.2 Å². The first-order valence-corrected chi connectivity index (χ1v) is 8.22. The first-order valence-electron chi connectivity index (χ1n) is 8.22. The molecule has 2 rings (SSSR count). The van der Waals surface area contributed by atoms with Gasteiger partial charge in [-0.2, -0.15) is 0 Å². The Hall–Kier alpha value is -1.46. The van der Waals surface area contributed by atoms with Crippen molar-refractivity contribution in [2.45, 2.75) is 58.0 Å². The van der Waals surface area contributed by atoms with Gasteiger partial charge in [-0.1, -0.05) is 19.8 Å². The predicted molar refractivity (Wildman–Crippen MR) is 82.2 cm³/mol. The summed E-state index contributed by atoms with van der Waals surface area (Å²) in [6, 6.07) is 1.04. The van der Waals surface area contributed by atoms with Crippen LogP contribution < -0.4 is 10.6 Å². The highest BCUT2D eigenvalue weighted by Crippen LogP contribution is 2.19. The van der Waals surface area contributed by atoms with Gasteiger partial charge in [0.15, 0.2) is 0 Å². The van der Waals surface area contributed by atoms with E-state index < -0.39 is 0 Å². The van der Waals surface area contributed by atoms with Crippen LogP contribution in [-0.4, -0.2) is 60.1 Å². The number of hydrogen-bond acceptors (Lipinski definition) is 2. The zero-order valence-electron chi connectivity index (χ0n) is 13.2. The van der Waals surface area contributed by atoms with E-state index in [0.29, 0.717) is 12.1 Å². The second kappa shape index (κ2) is 7.52. The Morgan fingerprint density at radius 2 is 1.48 bits per heavy atom. The quantitative estimate of drug-likeness (QED) is 0.529.